The third-order valence-corrected chi connectivity index (χ3v) is 6.46. The van der Waals surface area contributed by atoms with Crippen LogP contribution in [-0.2, 0) is 44.7 Å². The zero-order valence-electron chi connectivity index (χ0n) is 22.6. The maximum absolute atomic E-state index is 13.5. The number of rotatable bonds is 9. The Morgan fingerprint density at radius 1 is 0.952 bits per heavy atom. The van der Waals surface area contributed by atoms with Gasteiger partial charge in [0.05, 0.1) is 28.2 Å². The first-order valence-electron chi connectivity index (χ1n) is 12.6. The molecule has 222 valence electrons. The van der Waals surface area contributed by atoms with Gasteiger partial charge in [0.25, 0.3) is 17.5 Å². The highest BCUT2D eigenvalue weighted by atomic mass is 16.7. The molecule has 0 spiro atoms. The fraction of sp³-hybridized carbons (Fsp3) is 0.370. The van der Waals surface area contributed by atoms with E-state index in [9.17, 15) is 39.2 Å². The van der Waals surface area contributed by atoms with Gasteiger partial charge >= 0.3 is 17.9 Å². The van der Waals surface area contributed by atoms with Crippen LogP contribution in [0, 0.1) is 10.1 Å². The molecule has 4 rings (SSSR count). The van der Waals surface area contributed by atoms with Gasteiger partial charge in [-0.3, -0.25) is 39.0 Å². The lowest BCUT2D eigenvalue weighted by atomic mass is 9.94. The van der Waals surface area contributed by atoms with Gasteiger partial charge in [-0.25, -0.2) is 0 Å². The van der Waals surface area contributed by atoms with Crippen molar-refractivity contribution >= 4 is 35.4 Å². The molecule has 2 amide bonds. The number of benzene rings is 2. The van der Waals surface area contributed by atoms with Gasteiger partial charge in [0.15, 0.2) is 18.5 Å². The Morgan fingerprint density at radius 3 is 2.10 bits per heavy atom. The molecular formula is C27H26N2O13. The van der Waals surface area contributed by atoms with Crippen molar-refractivity contribution in [1.29, 1.82) is 0 Å². The largest absolute Gasteiger partial charge is 0.508 e. The number of carbonyl (C=O) groups is 5. The van der Waals surface area contributed by atoms with Crippen LogP contribution in [0.25, 0.3) is 0 Å². The average molecular weight is 587 g/mol. The number of aromatic hydroxyl groups is 1. The zero-order chi connectivity index (χ0) is 30.7. The summed E-state index contributed by atoms with van der Waals surface area (Å²) in [6.45, 7) is 2.12. The third kappa shape index (κ3) is 6.21. The Bertz CT molecular complexity index is 1410. The van der Waals surface area contributed by atoms with E-state index in [0.717, 1.165) is 43.9 Å². The third-order valence-electron chi connectivity index (χ3n) is 6.46. The summed E-state index contributed by atoms with van der Waals surface area (Å²) in [5.41, 5.74) is -0.422. The SMILES string of the molecule is CC(=O)OC[C@H]1O[C@@H](OCc2cc(O)ccc2[N+](=O)[O-])[C@H](N2C(=O)c3ccccc3C2=O)[C@@H](OC(C)=O)[C@@H]1OC(C)=O. The molecular weight excluding hydrogens is 560 g/mol. The molecule has 2 aromatic carbocycles. The number of nitro benzene ring substituents is 1. The lowest BCUT2D eigenvalue weighted by Gasteiger charge is -2.47. The van der Waals surface area contributed by atoms with Crippen molar-refractivity contribution in [1.82, 2.24) is 4.90 Å². The standard InChI is InChI=1S/C27H26N2O13/c1-13(30)38-12-21-23(40-14(2)31)24(41-15(3)32)22(28-25(34)18-6-4-5-7-19(18)26(28)35)27(42-21)39-11-16-10-17(33)8-9-20(16)29(36)37/h4-10,21-24,27,33H,11-12H2,1-3H3/t21-,22-,23-,24-,27-/m1/s1. The van der Waals surface area contributed by atoms with E-state index in [-0.39, 0.29) is 22.4 Å². The Balaban J connectivity index is 1.81. The van der Waals surface area contributed by atoms with Crippen LogP contribution in [0.15, 0.2) is 42.5 Å². The summed E-state index contributed by atoms with van der Waals surface area (Å²) in [5, 5.41) is 21.5. The summed E-state index contributed by atoms with van der Waals surface area (Å²) in [7, 11) is 0. The monoisotopic (exact) mass is 586 g/mol. The molecule has 0 bridgehead atoms. The minimum atomic E-state index is -1.66. The van der Waals surface area contributed by atoms with Gasteiger partial charge in [-0.05, 0) is 24.3 Å². The number of esters is 3. The molecule has 1 fully saturated rings. The summed E-state index contributed by atoms with van der Waals surface area (Å²) in [4.78, 5) is 74.6. The van der Waals surface area contributed by atoms with Crippen LogP contribution in [0.4, 0.5) is 5.69 Å². The van der Waals surface area contributed by atoms with Crippen LogP contribution in [0.3, 0.4) is 0 Å². The smallest absolute Gasteiger partial charge is 0.303 e. The van der Waals surface area contributed by atoms with Gasteiger partial charge in [0.2, 0.25) is 0 Å². The number of nitrogens with zero attached hydrogens (tertiary/aromatic N) is 2. The van der Waals surface area contributed by atoms with Crippen molar-refractivity contribution in [3.63, 3.8) is 0 Å². The van der Waals surface area contributed by atoms with Gasteiger partial charge < -0.3 is 28.8 Å². The van der Waals surface area contributed by atoms with Gasteiger partial charge in [-0.15, -0.1) is 0 Å². The van der Waals surface area contributed by atoms with Crippen molar-refractivity contribution < 1.29 is 57.7 Å². The summed E-state index contributed by atoms with van der Waals surface area (Å²) >= 11 is 0. The maximum atomic E-state index is 13.5. The summed E-state index contributed by atoms with van der Waals surface area (Å²) in [6.07, 6.45) is -6.08. The quantitative estimate of drug-likeness (QED) is 0.146. The number of phenolic OH excluding ortho intramolecular Hbond substituents is 1. The first-order valence-corrected chi connectivity index (χ1v) is 12.6. The van der Waals surface area contributed by atoms with Crippen LogP contribution in [0.5, 0.6) is 5.75 Å². The predicted molar refractivity (Wildman–Crippen MR) is 137 cm³/mol. The highest BCUT2D eigenvalue weighted by molar-refractivity contribution is 6.21. The van der Waals surface area contributed by atoms with Crippen LogP contribution < -0.4 is 0 Å². The average Bonchev–Trinajstić information content (AvgIpc) is 3.16. The highest BCUT2D eigenvalue weighted by Gasteiger charge is 2.57. The number of hydrogen-bond acceptors (Lipinski definition) is 13. The second kappa shape index (κ2) is 12.3. The van der Waals surface area contributed by atoms with E-state index in [0.29, 0.717) is 0 Å². The Kier molecular flexibility index (Phi) is 8.82. The van der Waals surface area contributed by atoms with E-state index >= 15 is 0 Å². The van der Waals surface area contributed by atoms with E-state index < -0.39 is 84.2 Å². The normalized spacial score (nSPS) is 23.2. The molecule has 0 radical (unpaired) electrons. The summed E-state index contributed by atoms with van der Waals surface area (Å²) in [5.74, 6) is -4.34. The molecule has 42 heavy (non-hydrogen) atoms. The van der Waals surface area contributed by atoms with Gasteiger partial charge in [-0.1, -0.05) is 12.1 Å². The van der Waals surface area contributed by atoms with Crippen LogP contribution in [0.2, 0.25) is 0 Å². The van der Waals surface area contributed by atoms with Gasteiger partial charge in [0, 0.05) is 26.8 Å². The lowest BCUT2D eigenvalue weighted by molar-refractivity contribution is -0.386. The number of hydrogen-bond donors (Lipinski definition) is 1. The van der Waals surface area contributed by atoms with Crippen LogP contribution >= 0.6 is 0 Å². The number of nitro groups is 1. The maximum Gasteiger partial charge on any atom is 0.303 e. The fourth-order valence-electron chi connectivity index (χ4n) is 4.81. The molecule has 2 aromatic rings. The topological polar surface area (TPSA) is 198 Å². The number of phenols is 1. The first kappa shape index (κ1) is 30.1. The van der Waals surface area contributed by atoms with Crippen LogP contribution in [-0.4, -0.2) is 81.9 Å². The molecule has 1 saturated heterocycles. The van der Waals surface area contributed by atoms with E-state index in [2.05, 4.69) is 0 Å². The molecule has 2 aliphatic rings. The second-order valence-electron chi connectivity index (χ2n) is 9.39. The minimum absolute atomic E-state index is 0.0394. The van der Waals surface area contributed by atoms with E-state index in [1.807, 2.05) is 0 Å². The molecule has 15 nitrogen and oxygen atoms in total. The van der Waals surface area contributed by atoms with E-state index in [1.165, 1.54) is 12.1 Å². The van der Waals surface area contributed by atoms with E-state index in [4.69, 9.17) is 23.7 Å². The van der Waals surface area contributed by atoms with Crippen molar-refractivity contribution in [3.8, 4) is 5.75 Å². The lowest BCUT2D eigenvalue weighted by Crippen LogP contribution is -2.67. The molecule has 0 unspecified atom stereocenters. The molecule has 0 aliphatic carbocycles. The molecule has 0 aromatic heterocycles. The predicted octanol–water partition coefficient (Wildman–Crippen LogP) is 1.63. The zero-order valence-corrected chi connectivity index (χ0v) is 22.6. The van der Waals surface area contributed by atoms with Gasteiger partial charge in [0.1, 0.15) is 24.5 Å². The Hall–Kier alpha value is -4.89. The molecule has 15 heteroatoms. The van der Waals surface area contributed by atoms with Crippen molar-refractivity contribution in [2.24, 2.45) is 0 Å². The number of fused-ring (bicyclic) bond motifs is 1. The molecule has 2 aliphatic heterocycles. The number of imide groups is 1. The molecule has 5 atom stereocenters. The summed E-state index contributed by atoms with van der Waals surface area (Å²) in [6, 6.07) is 7.57. The first-order chi connectivity index (χ1) is 19.9. The second-order valence-corrected chi connectivity index (χ2v) is 9.39. The summed E-state index contributed by atoms with van der Waals surface area (Å²) < 4.78 is 27.8. The Morgan fingerprint density at radius 2 is 1.55 bits per heavy atom. The van der Waals surface area contributed by atoms with Crippen molar-refractivity contribution in [2.45, 2.75) is 58.0 Å². The van der Waals surface area contributed by atoms with Crippen molar-refractivity contribution in [2.75, 3.05) is 6.61 Å². The molecule has 1 N–H and O–H groups in total. The fourth-order valence-corrected chi connectivity index (χ4v) is 4.81. The number of ether oxygens (including phenoxy) is 5. The molecule has 2 heterocycles. The highest BCUT2D eigenvalue weighted by Crippen LogP contribution is 2.36. The number of amides is 2. The molecule has 0 saturated carbocycles. The van der Waals surface area contributed by atoms with E-state index in [1.54, 1.807) is 12.1 Å². The number of carbonyl (C=O) groups excluding carboxylic acids is 5. The Labute approximate surface area is 238 Å². The van der Waals surface area contributed by atoms with Crippen molar-refractivity contribution in [3.05, 3.63) is 69.3 Å². The van der Waals surface area contributed by atoms with Crippen LogP contribution in [0.1, 0.15) is 47.1 Å². The minimum Gasteiger partial charge on any atom is -0.508 e. The van der Waals surface area contributed by atoms with Gasteiger partial charge in [-0.2, -0.15) is 0 Å².